The fourth-order valence-corrected chi connectivity index (χ4v) is 1.65. The van der Waals surface area contributed by atoms with Crippen molar-refractivity contribution in [2.24, 2.45) is 4.99 Å². The van der Waals surface area contributed by atoms with Crippen LogP contribution in [0.5, 0.6) is 5.75 Å². The Labute approximate surface area is 136 Å². The van der Waals surface area contributed by atoms with Crippen molar-refractivity contribution in [3.63, 3.8) is 0 Å². The van der Waals surface area contributed by atoms with E-state index < -0.39 is 0 Å². The molecule has 1 aromatic rings. The van der Waals surface area contributed by atoms with Crippen LogP contribution in [0.3, 0.4) is 0 Å². The van der Waals surface area contributed by atoms with Gasteiger partial charge in [-0.2, -0.15) is 0 Å². The first kappa shape index (κ1) is 17.0. The van der Waals surface area contributed by atoms with Crippen molar-refractivity contribution in [2.75, 3.05) is 13.6 Å². The van der Waals surface area contributed by atoms with Crippen LogP contribution in [0.25, 0.3) is 0 Å². The Bertz CT molecular complexity index is 452. The summed E-state index contributed by atoms with van der Waals surface area (Å²) in [7, 11) is 1.74. The zero-order chi connectivity index (χ0) is 13.7. The van der Waals surface area contributed by atoms with Gasteiger partial charge in [0.15, 0.2) is 17.5 Å². The van der Waals surface area contributed by atoms with Gasteiger partial charge in [0.05, 0.1) is 6.54 Å². The zero-order valence-electron chi connectivity index (χ0n) is 11.7. The minimum absolute atomic E-state index is 0. The molecule has 0 spiro atoms. The second-order valence-corrected chi connectivity index (χ2v) is 4.73. The van der Waals surface area contributed by atoms with E-state index in [1.165, 1.54) is 18.9 Å². The molecule has 20 heavy (non-hydrogen) atoms. The molecular formula is C14H21FIN3O. The maximum absolute atomic E-state index is 13.4. The van der Waals surface area contributed by atoms with Gasteiger partial charge in [-0.3, -0.25) is 4.99 Å². The number of hydrogen-bond acceptors (Lipinski definition) is 2. The molecule has 2 N–H and O–H groups in total. The summed E-state index contributed by atoms with van der Waals surface area (Å²) in [6, 6.07) is 6.97. The van der Waals surface area contributed by atoms with Crippen LogP contribution >= 0.6 is 24.0 Å². The van der Waals surface area contributed by atoms with Crippen LogP contribution in [0.15, 0.2) is 29.3 Å². The molecule has 0 saturated heterocycles. The topological polar surface area (TPSA) is 45.7 Å². The van der Waals surface area contributed by atoms with Crippen molar-refractivity contribution in [1.82, 2.24) is 10.6 Å². The summed E-state index contributed by atoms with van der Waals surface area (Å²) in [5, 5.41) is 6.45. The van der Waals surface area contributed by atoms with Gasteiger partial charge in [0.25, 0.3) is 0 Å². The van der Waals surface area contributed by atoms with Gasteiger partial charge < -0.3 is 15.4 Å². The highest BCUT2D eigenvalue weighted by molar-refractivity contribution is 14.0. The zero-order valence-corrected chi connectivity index (χ0v) is 14.1. The lowest BCUT2D eigenvalue weighted by atomic mass is 10.3. The number of nitrogens with zero attached hydrogens (tertiary/aromatic N) is 1. The molecule has 0 heterocycles. The molecule has 1 saturated carbocycles. The van der Waals surface area contributed by atoms with Crippen LogP contribution in [-0.2, 0) is 0 Å². The molecule has 6 heteroatoms. The van der Waals surface area contributed by atoms with Crippen molar-refractivity contribution in [1.29, 1.82) is 0 Å². The van der Waals surface area contributed by atoms with E-state index in [1.54, 1.807) is 25.2 Å². The molecule has 2 rings (SSSR count). The fourth-order valence-electron chi connectivity index (χ4n) is 1.65. The van der Waals surface area contributed by atoms with E-state index in [2.05, 4.69) is 15.6 Å². The van der Waals surface area contributed by atoms with Crippen molar-refractivity contribution in [2.45, 2.75) is 31.9 Å². The molecule has 0 amide bonds. The lowest BCUT2D eigenvalue weighted by molar-refractivity contribution is 0.214. The number of nitrogens with one attached hydrogen (secondary N) is 2. The summed E-state index contributed by atoms with van der Waals surface area (Å²) in [6.07, 6.45) is 2.25. The number of aliphatic imine (C=N–C) groups is 1. The first-order chi connectivity index (χ1) is 9.19. The predicted octanol–water partition coefficient (Wildman–Crippen LogP) is 2.54. The molecule has 0 radical (unpaired) electrons. The summed E-state index contributed by atoms with van der Waals surface area (Å²) in [5.41, 5.74) is 0. The standard InChI is InChI=1S/C14H20FN3O.HI/c1-10(19-13-6-4-3-5-12(13)15)9-17-14(16-2)18-11-7-8-11;/h3-6,10-11H,7-9H2,1-2H3,(H2,16,17,18);1H. The molecular weight excluding hydrogens is 372 g/mol. The van der Waals surface area contributed by atoms with Crippen molar-refractivity contribution < 1.29 is 9.13 Å². The van der Waals surface area contributed by atoms with Gasteiger partial charge in [-0.25, -0.2) is 4.39 Å². The quantitative estimate of drug-likeness (QED) is 0.459. The van der Waals surface area contributed by atoms with Crippen LogP contribution in [-0.4, -0.2) is 31.7 Å². The van der Waals surface area contributed by atoms with Crippen LogP contribution in [0, 0.1) is 5.82 Å². The van der Waals surface area contributed by atoms with Crippen molar-refractivity contribution in [3.8, 4) is 5.75 Å². The summed E-state index contributed by atoms with van der Waals surface area (Å²) >= 11 is 0. The summed E-state index contributed by atoms with van der Waals surface area (Å²) in [4.78, 5) is 4.13. The average molecular weight is 393 g/mol. The second kappa shape index (κ2) is 8.28. The third-order valence-corrected chi connectivity index (χ3v) is 2.86. The fraction of sp³-hybridized carbons (Fsp3) is 0.500. The molecule has 1 aromatic carbocycles. The molecule has 0 aromatic heterocycles. The van der Waals surface area contributed by atoms with Crippen LogP contribution in [0.1, 0.15) is 19.8 Å². The van der Waals surface area contributed by atoms with Crippen molar-refractivity contribution >= 4 is 29.9 Å². The number of para-hydroxylation sites is 1. The van der Waals surface area contributed by atoms with E-state index in [-0.39, 0.29) is 41.6 Å². The summed E-state index contributed by atoms with van der Waals surface area (Å²) in [6.45, 7) is 2.46. The van der Waals surface area contributed by atoms with E-state index >= 15 is 0 Å². The molecule has 1 atom stereocenters. The minimum atomic E-state index is -0.338. The van der Waals surface area contributed by atoms with Gasteiger partial charge >= 0.3 is 0 Å². The van der Waals surface area contributed by atoms with E-state index in [0.717, 1.165) is 5.96 Å². The Hall–Kier alpha value is -1.05. The third-order valence-electron chi connectivity index (χ3n) is 2.86. The van der Waals surface area contributed by atoms with E-state index in [0.29, 0.717) is 12.6 Å². The lowest BCUT2D eigenvalue weighted by Gasteiger charge is -2.17. The van der Waals surface area contributed by atoms with Gasteiger partial charge in [0.2, 0.25) is 0 Å². The van der Waals surface area contributed by atoms with E-state index in [4.69, 9.17) is 4.74 Å². The Balaban J connectivity index is 0.00000200. The van der Waals surface area contributed by atoms with E-state index in [1.807, 2.05) is 6.92 Å². The van der Waals surface area contributed by atoms with Crippen LogP contribution < -0.4 is 15.4 Å². The summed E-state index contributed by atoms with van der Waals surface area (Å²) < 4.78 is 19.0. The highest BCUT2D eigenvalue weighted by atomic mass is 127. The molecule has 1 unspecified atom stereocenters. The molecule has 4 nitrogen and oxygen atoms in total. The van der Waals surface area contributed by atoms with Crippen molar-refractivity contribution in [3.05, 3.63) is 30.1 Å². The molecule has 1 fully saturated rings. The Morgan fingerprint density at radius 2 is 2.15 bits per heavy atom. The first-order valence-electron chi connectivity index (χ1n) is 6.57. The van der Waals surface area contributed by atoms with E-state index in [9.17, 15) is 4.39 Å². The van der Waals surface area contributed by atoms with Gasteiger partial charge in [-0.1, -0.05) is 12.1 Å². The number of guanidine groups is 1. The number of hydrogen-bond donors (Lipinski definition) is 2. The molecule has 112 valence electrons. The normalized spacial score (nSPS) is 16.1. The second-order valence-electron chi connectivity index (χ2n) is 4.73. The SMILES string of the molecule is CN=C(NCC(C)Oc1ccccc1F)NC1CC1.I. The molecule has 0 bridgehead atoms. The van der Waals surface area contributed by atoms with Gasteiger partial charge in [0, 0.05) is 13.1 Å². The summed E-state index contributed by atoms with van der Waals surface area (Å²) in [5.74, 6) is 0.711. The predicted molar refractivity (Wildman–Crippen MR) is 89.4 cm³/mol. The monoisotopic (exact) mass is 393 g/mol. The van der Waals surface area contributed by atoms with Crippen LogP contribution in [0.4, 0.5) is 4.39 Å². The Morgan fingerprint density at radius 3 is 2.75 bits per heavy atom. The highest BCUT2D eigenvalue weighted by Crippen LogP contribution is 2.18. The Kier molecular flexibility index (Phi) is 7.04. The molecule has 1 aliphatic carbocycles. The Morgan fingerprint density at radius 1 is 1.45 bits per heavy atom. The van der Waals surface area contributed by atoms with Crippen LogP contribution in [0.2, 0.25) is 0 Å². The molecule has 0 aliphatic heterocycles. The lowest BCUT2D eigenvalue weighted by Crippen LogP contribution is -2.42. The smallest absolute Gasteiger partial charge is 0.191 e. The number of benzene rings is 1. The molecule has 1 aliphatic rings. The maximum atomic E-state index is 13.4. The third kappa shape index (κ3) is 5.52. The number of halogens is 2. The van der Waals surface area contributed by atoms with Gasteiger partial charge in [-0.15, -0.1) is 24.0 Å². The minimum Gasteiger partial charge on any atom is -0.486 e. The highest BCUT2D eigenvalue weighted by Gasteiger charge is 2.22. The van der Waals surface area contributed by atoms with Gasteiger partial charge in [-0.05, 0) is 31.9 Å². The first-order valence-corrected chi connectivity index (χ1v) is 6.57. The number of rotatable bonds is 5. The maximum Gasteiger partial charge on any atom is 0.191 e. The van der Waals surface area contributed by atoms with Gasteiger partial charge in [0.1, 0.15) is 6.10 Å². The number of ether oxygens (including phenoxy) is 1. The average Bonchev–Trinajstić information content (AvgIpc) is 3.21. The largest absolute Gasteiger partial charge is 0.486 e.